The predicted octanol–water partition coefficient (Wildman–Crippen LogP) is 0.274. The molecule has 34 heavy (non-hydrogen) atoms. The second-order valence-corrected chi connectivity index (χ2v) is 9.66. The minimum absolute atomic E-state index is 0.0659. The van der Waals surface area contributed by atoms with E-state index in [0.717, 1.165) is 0 Å². The number of carboxylic acids is 1. The van der Waals surface area contributed by atoms with Crippen molar-refractivity contribution in [1.82, 2.24) is 25.9 Å². The normalized spacial score (nSPS) is 15.6. The third-order valence-electron chi connectivity index (χ3n) is 5.61. The van der Waals surface area contributed by atoms with E-state index < -0.39 is 47.9 Å². The van der Waals surface area contributed by atoms with Gasteiger partial charge in [-0.05, 0) is 30.3 Å². The molecule has 0 fully saturated rings. The van der Waals surface area contributed by atoms with Crippen LogP contribution in [0.15, 0.2) is 12.5 Å². The Bertz CT molecular complexity index is 804. The first-order valence-electron chi connectivity index (χ1n) is 11.4. The van der Waals surface area contributed by atoms with Crippen LogP contribution in [0.2, 0.25) is 0 Å². The molecule has 0 saturated heterocycles. The van der Waals surface area contributed by atoms with Gasteiger partial charge in [0.15, 0.2) is 0 Å². The highest BCUT2D eigenvalue weighted by Crippen LogP contribution is 2.11. The van der Waals surface area contributed by atoms with Crippen molar-refractivity contribution in [2.75, 3.05) is 12.0 Å². The van der Waals surface area contributed by atoms with E-state index in [9.17, 15) is 24.3 Å². The summed E-state index contributed by atoms with van der Waals surface area (Å²) >= 11 is 1.57. The van der Waals surface area contributed by atoms with Crippen LogP contribution >= 0.6 is 11.8 Å². The molecule has 12 heteroatoms. The molecule has 7 N–H and O–H groups in total. The second-order valence-electron chi connectivity index (χ2n) is 8.67. The zero-order valence-electron chi connectivity index (χ0n) is 20.5. The van der Waals surface area contributed by atoms with Crippen LogP contribution in [-0.4, -0.2) is 74.9 Å². The van der Waals surface area contributed by atoms with Crippen LogP contribution in [0.5, 0.6) is 0 Å². The summed E-state index contributed by atoms with van der Waals surface area (Å²) in [5, 5.41) is 17.4. The molecule has 0 saturated carbocycles. The monoisotopic (exact) mass is 498 g/mol. The number of H-pyrrole nitrogens is 1. The molecular weight excluding hydrogens is 460 g/mol. The maximum absolute atomic E-state index is 13.2. The number of rotatable bonds is 15. The summed E-state index contributed by atoms with van der Waals surface area (Å²) in [6, 6.07) is -3.86. The number of nitrogens with zero attached hydrogens (tertiary/aromatic N) is 1. The first-order chi connectivity index (χ1) is 16.0. The van der Waals surface area contributed by atoms with Gasteiger partial charge in [-0.2, -0.15) is 11.8 Å². The van der Waals surface area contributed by atoms with Crippen molar-refractivity contribution in [2.24, 2.45) is 17.6 Å². The van der Waals surface area contributed by atoms with Gasteiger partial charge in [0.25, 0.3) is 0 Å². The quantitative estimate of drug-likeness (QED) is 0.199. The lowest BCUT2D eigenvalue weighted by Crippen LogP contribution is -2.59. The van der Waals surface area contributed by atoms with Gasteiger partial charge in [-0.25, -0.2) is 9.78 Å². The van der Waals surface area contributed by atoms with E-state index in [2.05, 4.69) is 25.9 Å². The number of hydrogen-bond donors (Lipinski definition) is 6. The number of aromatic amines is 1. The minimum Gasteiger partial charge on any atom is -0.480 e. The number of thioether (sulfide) groups is 1. The Morgan fingerprint density at radius 3 is 2.24 bits per heavy atom. The number of aliphatic carboxylic acids is 1. The van der Waals surface area contributed by atoms with Crippen molar-refractivity contribution < 1.29 is 24.3 Å². The summed E-state index contributed by atoms with van der Waals surface area (Å²) in [6.07, 6.45) is 6.01. The molecule has 192 valence electrons. The van der Waals surface area contributed by atoms with E-state index in [0.29, 0.717) is 24.3 Å². The van der Waals surface area contributed by atoms with Crippen LogP contribution in [0, 0.1) is 11.8 Å². The number of carboxylic acid groups (broad SMARTS) is 1. The molecule has 1 aromatic rings. The summed E-state index contributed by atoms with van der Waals surface area (Å²) in [5.41, 5.74) is 6.54. The first-order valence-corrected chi connectivity index (χ1v) is 12.8. The van der Waals surface area contributed by atoms with Crippen LogP contribution in [0.1, 0.15) is 46.2 Å². The molecule has 0 radical (unpaired) electrons. The van der Waals surface area contributed by atoms with Crippen molar-refractivity contribution in [2.45, 2.75) is 71.1 Å². The number of amides is 3. The van der Waals surface area contributed by atoms with Crippen molar-refractivity contribution in [3.05, 3.63) is 18.2 Å². The number of aromatic nitrogens is 2. The van der Waals surface area contributed by atoms with E-state index in [4.69, 9.17) is 5.73 Å². The van der Waals surface area contributed by atoms with Crippen LogP contribution < -0.4 is 21.7 Å². The highest BCUT2D eigenvalue weighted by Gasteiger charge is 2.33. The maximum Gasteiger partial charge on any atom is 0.326 e. The summed E-state index contributed by atoms with van der Waals surface area (Å²) in [6.45, 7) is 7.06. The minimum atomic E-state index is -1.17. The molecule has 0 aliphatic carbocycles. The lowest BCUT2D eigenvalue weighted by Gasteiger charge is -2.28. The van der Waals surface area contributed by atoms with Gasteiger partial charge in [-0.1, -0.05) is 34.1 Å². The van der Waals surface area contributed by atoms with Crippen molar-refractivity contribution in [1.29, 1.82) is 0 Å². The zero-order chi connectivity index (χ0) is 25.8. The molecule has 3 amide bonds. The third-order valence-corrected chi connectivity index (χ3v) is 6.25. The van der Waals surface area contributed by atoms with E-state index in [-0.39, 0.29) is 18.3 Å². The fourth-order valence-electron chi connectivity index (χ4n) is 3.19. The Labute approximate surface area is 204 Å². The van der Waals surface area contributed by atoms with Crippen LogP contribution in [0.25, 0.3) is 0 Å². The Kier molecular flexibility index (Phi) is 12.7. The molecule has 1 aromatic heterocycles. The van der Waals surface area contributed by atoms with E-state index in [1.54, 1.807) is 25.6 Å². The number of nitrogens with two attached hydrogens (primary N) is 1. The van der Waals surface area contributed by atoms with E-state index in [1.165, 1.54) is 12.5 Å². The third kappa shape index (κ3) is 9.34. The summed E-state index contributed by atoms with van der Waals surface area (Å²) in [4.78, 5) is 57.2. The van der Waals surface area contributed by atoms with Gasteiger partial charge < -0.3 is 31.8 Å². The fourth-order valence-corrected chi connectivity index (χ4v) is 3.68. The largest absolute Gasteiger partial charge is 0.480 e. The lowest BCUT2D eigenvalue weighted by molar-refractivity contribution is -0.143. The van der Waals surface area contributed by atoms with Crippen molar-refractivity contribution in [3.8, 4) is 0 Å². The Hall–Kier alpha value is -2.60. The molecular formula is C22H38N6O5S. The van der Waals surface area contributed by atoms with Gasteiger partial charge in [0.1, 0.15) is 18.1 Å². The average Bonchev–Trinajstić information content (AvgIpc) is 3.30. The number of carbonyl (C=O) groups is 4. The van der Waals surface area contributed by atoms with Gasteiger partial charge in [-0.15, -0.1) is 0 Å². The Balaban J connectivity index is 3.06. The summed E-state index contributed by atoms with van der Waals surface area (Å²) in [5.74, 6) is -2.67. The van der Waals surface area contributed by atoms with Gasteiger partial charge in [0, 0.05) is 18.3 Å². The molecule has 11 nitrogen and oxygen atoms in total. The van der Waals surface area contributed by atoms with E-state index in [1.807, 2.05) is 20.1 Å². The molecule has 0 bridgehead atoms. The standard InChI is InChI=1S/C22H38N6O5S/c1-6-13(4)18(28-19(29)15(23)7-8-34-5)21(31)26-16(9-14-10-24-11-25-14)20(30)27-17(12(2)3)22(32)33/h10-13,15-18H,6-9,23H2,1-5H3,(H,24,25)(H,26,31)(H,27,30)(H,28,29)(H,32,33). The Morgan fingerprint density at radius 1 is 1.09 bits per heavy atom. The van der Waals surface area contributed by atoms with Gasteiger partial charge in [0.05, 0.1) is 12.4 Å². The van der Waals surface area contributed by atoms with Gasteiger partial charge in [0.2, 0.25) is 17.7 Å². The molecule has 0 aromatic carbocycles. The topological polar surface area (TPSA) is 179 Å². The summed E-state index contributed by atoms with van der Waals surface area (Å²) < 4.78 is 0. The highest BCUT2D eigenvalue weighted by molar-refractivity contribution is 7.98. The van der Waals surface area contributed by atoms with Crippen LogP contribution in [0.4, 0.5) is 0 Å². The fraction of sp³-hybridized carbons (Fsp3) is 0.682. The molecule has 0 spiro atoms. The smallest absolute Gasteiger partial charge is 0.326 e. The second kappa shape index (κ2) is 14.6. The lowest BCUT2D eigenvalue weighted by atomic mass is 9.97. The SMILES string of the molecule is CCC(C)C(NC(=O)C(N)CCSC)C(=O)NC(Cc1cnc[nH]1)C(=O)NC(C(=O)O)C(C)C. The maximum atomic E-state index is 13.2. The molecule has 5 unspecified atom stereocenters. The average molecular weight is 499 g/mol. The Morgan fingerprint density at radius 2 is 1.74 bits per heavy atom. The molecule has 5 atom stereocenters. The molecule has 1 heterocycles. The van der Waals surface area contributed by atoms with Crippen LogP contribution in [-0.2, 0) is 25.6 Å². The van der Waals surface area contributed by atoms with Gasteiger partial charge in [-0.3, -0.25) is 14.4 Å². The highest BCUT2D eigenvalue weighted by atomic mass is 32.2. The van der Waals surface area contributed by atoms with Gasteiger partial charge >= 0.3 is 5.97 Å². The number of nitrogens with one attached hydrogen (secondary N) is 4. The first kappa shape index (κ1) is 29.4. The number of hydrogen-bond acceptors (Lipinski definition) is 7. The summed E-state index contributed by atoms with van der Waals surface area (Å²) in [7, 11) is 0. The molecule has 0 aliphatic rings. The molecule has 0 aliphatic heterocycles. The van der Waals surface area contributed by atoms with Crippen LogP contribution in [0.3, 0.4) is 0 Å². The number of imidazole rings is 1. The predicted molar refractivity (Wildman–Crippen MR) is 131 cm³/mol. The molecule has 1 rings (SSSR count). The zero-order valence-corrected chi connectivity index (χ0v) is 21.3. The van der Waals surface area contributed by atoms with Crippen molar-refractivity contribution in [3.63, 3.8) is 0 Å². The van der Waals surface area contributed by atoms with Crippen molar-refractivity contribution >= 4 is 35.5 Å². The number of carbonyl (C=O) groups excluding carboxylic acids is 3. The van der Waals surface area contributed by atoms with E-state index >= 15 is 0 Å².